The van der Waals surface area contributed by atoms with Gasteiger partial charge >= 0.3 is 0 Å². The highest BCUT2D eigenvalue weighted by molar-refractivity contribution is 9.10. The molecule has 1 aromatic carbocycles. The first-order valence-electron chi connectivity index (χ1n) is 6.42. The molecule has 3 N–H and O–H groups in total. The molecule has 6 nitrogen and oxygen atoms in total. The number of fused-ring (bicyclic) bond motifs is 1. The molecule has 2 aromatic heterocycles. The largest absolute Gasteiger partial charge is 0.360 e. The van der Waals surface area contributed by atoms with Crippen LogP contribution in [0.3, 0.4) is 0 Å². The van der Waals surface area contributed by atoms with Crippen molar-refractivity contribution in [1.29, 1.82) is 0 Å². The standard InChI is InChI=1S/C15H11BrN4O2/c16-10-5-9(6-17-7-10)14(21)19-20-15(22)12-8-18-13-4-2-1-3-11(12)13/h1-8,18H,(H,19,21)(H,20,22). The number of pyridine rings is 1. The number of rotatable bonds is 2. The van der Waals surface area contributed by atoms with E-state index in [0.29, 0.717) is 15.6 Å². The number of hydrazine groups is 1. The molecular weight excluding hydrogens is 348 g/mol. The number of aromatic amines is 1. The van der Waals surface area contributed by atoms with Gasteiger partial charge in [0.15, 0.2) is 0 Å². The number of hydrogen-bond acceptors (Lipinski definition) is 3. The van der Waals surface area contributed by atoms with E-state index < -0.39 is 11.8 Å². The highest BCUT2D eigenvalue weighted by Gasteiger charge is 2.13. The van der Waals surface area contributed by atoms with Gasteiger partial charge in [-0.25, -0.2) is 0 Å². The molecule has 2 heterocycles. The smallest absolute Gasteiger partial charge is 0.271 e. The van der Waals surface area contributed by atoms with Gasteiger partial charge in [-0.05, 0) is 28.1 Å². The SMILES string of the molecule is O=C(NNC(=O)c1c[nH]c2ccccc12)c1cncc(Br)c1. The van der Waals surface area contributed by atoms with E-state index in [2.05, 4.69) is 36.7 Å². The van der Waals surface area contributed by atoms with Gasteiger partial charge in [0, 0.05) is 34.0 Å². The third kappa shape index (κ3) is 2.84. The fraction of sp³-hybridized carbons (Fsp3) is 0. The third-order valence-corrected chi connectivity index (χ3v) is 3.52. The van der Waals surface area contributed by atoms with Crippen LogP contribution in [0.5, 0.6) is 0 Å². The van der Waals surface area contributed by atoms with E-state index in [9.17, 15) is 9.59 Å². The molecule has 0 spiro atoms. The van der Waals surface area contributed by atoms with E-state index in [0.717, 1.165) is 10.9 Å². The molecule has 22 heavy (non-hydrogen) atoms. The van der Waals surface area contributed by atoms with Crippen LogP contribution in [0.2, 0.25) is 0 Å². The average molecular weight is 359 g/mol. The molecule has 3 aromatic rings. The van der Waals surface area contributed by atoms with Crippen molar-refractivity contribution < 1.29 is 9.59 Å². The number of hydrogen-bond donors (Lipinski definition) is 3. The lowest BCUT2D eigenvalue weighted by molar-refractivity contribution is 0.0847. The molecule has 3 rings (SSSR count). The second-order valence-electron chi connectivity index (χ2n) is 4.55. The maximum atomic E-state index is 12.2. The zero-order valence-corrected chi connectivity index (χ0v) is 12.8. The van der Waals surface area contributed by atoms with Crippen LogP contribution in [-0.4, -0.2) is 21.8 Å². The first kappa shape index (κ1) is 14.3. The Balaban J connectivity index is 1.71. The van der Waals surface area contributed by atoms with Crippen molar-refractivity contribution in [2.75, 3.05) is 0 Å². The number of benzene rings is 1. The van der Waals surface area contributed by atoms with Crippen molar-refractivity contribution in [2.45, 2.75) is 0 Å². The number of nitrogens with zero attached hydrogens (tertiary/aromatic N) is 1. The number of aromatic nitrogens is 2. The molecule has 0 fully saturated rings. The number of amides is 2. The van der Waals surface area contributed by atoms with Crippen molar-refractivity contribution in [2.24, 2.45) is 0 Å². The van der Waals surface area contributed by atoms with Crippen molar-refractivity contribution in [3.8, 4) is 0 Å². The maximum Gasteiger partial charge on any atom is 0.271 e. The Kier molecular flexibility index (Phi) is 3.88. The lowest BCUT2D eigenvalue weighted by Gasteiger charge is -2.06. The number of halogens is 1. The molecule has 0 aliphatic carbocycles. The fourth-order valence-corrected chi connectivity index (χ4v) is 2.41. The van der Waals surface area contributed by atoms with Gasteiger partial charge < -0.3 is 4.98 Å². The lowest BCUT2D eigenvalue weighted by Crippen LogP contribution is -2.41. The Morgan fingerprint density at radius 3 is 2.68 bits per heavy atom. The van der Waals surface area contributed by atoms with Crippen LogP contribution in [-0.2, 0) is 0 Å². The number of carbonyl (C=O) groups excluding carboxylic acids is 2. The summed E-state index contributed by atoms with van der Waals surface area (Å²) in [6.45, 7) is 0. The van der Waals surface area contributed by atoms with Crippen LogP contribution in [0.25, 0.3) is 10.9 Å². The molecule has 0 aliphatic heterocycles. The summed E-state index contributed by atoms with van der Waals surface area (Å²) in [6, 6.07) is 9.04. The minimum atomic E-state index is -0.443. The summed E-state index contributed by atoms with van der Waals surface area (Å²) in [5.41, 5.74) is 6.42. The van der Waals surface area contributed by atoms with Gasteiger partial charge in [-0.15, -0.1) is 0 Å². The Morgan fingerprint density at radius 2 is 1.86 bits per heavy atom. The van der Waals surface area contributed by atoms with Crippen LogP contribution >= 0.6 is 15.9 Å². The maximum absolute atomic E-state index is 12.2. The summed E-state index contributed by atoms with van der Waals surface area (Å²) >= 11 is 3.24. The Hall–Kier alpha value is -2.67. The van der Waals surface area contributed by atoms with E-state index in [1.54, 1.807) is 18.5 Å². The summed E-state index contributed by atoms with van der Waals surface area (Å²) in [7, 11) is 0. The van der Waals surface area contributed by atoms with E-state index in [-0.39, 0.29) is 0 Å². The molecule has 0 aliphatic rings. The molecule has 0 atom stereocenters. The molecule has 7 heteroatoms. The van der Waals surface area contributed by atoms with Gasteiger partial charge in [0.05, 0.1) is 11.1 Å². The van der Waals surface area contributed by atoms with Gasteiger partial charge in [-0.2, -0.15) is 0 Å². The fourth-order valence-electron chi connectivity index (χ4n) is 2.05. The van der Waals surface area contributed by atoms with E-state index in [1.807, 2.05) is 24.3 Å². The number of nitrogens with one attached hydrogen (secondary N) is 3. The molecular formula is C15H11BrN4O2. The molecule has 2 amide bonds. The quantitative estimate of drug-likeness (QED) is 0.614. The van der Waals surface area contributed by atoms with Crippen LogP contribution < -0.4 is 10.9 Å². The normalized spacial score (nSPS) is 10.4. The third-order valence-electron chi connectivity index (χ3n) is 3.09. The van der Waals surface area contributed by atoms with Crippen molar-refractivity contribution >= 4 is 38.6 Å². The zero-order chi connectivity index (χ0) is 15.5. The van der Waals surface area contributed by atoms with Crippen molar-refractivity contribution in [1.82, 2.24) is 20.8 Å². The van der Waals surface area contributed by atoms with Crippen LogP contribution in [0, 0.1) is 0 Å². The summed E-state index contributed by atoms with van der Waals surface area (Å²) in [4.78, 5) is 31.0. The second kappa shape index (κ2) is 5.98. The summed E-state index contributed by atoms with van der Waals surface area (Å²) in [5, 5.41) is 0.790. The molecule has 0 saturated heterocycles. The Morgan fingerprint density at radius 1 is 1.09 bits per heavy atom. The molecule has 110 valence electrons. The van der Waals surface area contributed by atoms with Gasteiger partial charge in [0.2, 0.25) is 0 Å². The van der Waals surface area contributed by atoms with Gasteiger partial charge in [-0.3, -0.25) is 25.4 Å². The van der Waals surface area contributed by atoms with Gasteiger partial charge in [-0.1, -0.05) is 18.2 Å². The summed E-state index contributed by atoms with van der Waals surface area (Å²) in [6.07, 6.45) is 4.59. The monoisotopic (exact) mass is 358 g/mol. The molecule has 0 bridgehead atoms. The Bertz CT molecular complexity index is 859. The lowest BCUT2D eigenvalue weighted by atomic mass is 10.2. The minimum Gasteiger partial charge on any atom is -0.360 e. The van der Waals surface area contributed by atoms with Crippen LogP contribution in [0.4, 0.5) is 0 Å². The molecule has 0 radical (unpaired) electrons. The van der Waals surface area contributed by atoms with Crippen LogP contribution in [0.15, 0.2) is 53.4 Å². The number of para-hydroxylation sites is 1. The Labute approximate surface area is 134 Å². The highest BCUT2D eigenvalue weighted by Crippen LogP contribution is 2.17. The highest BCUT2D eigenvalue weighted by atomic mass is 79.9. The van der Waals surface area contributed by atoms with Gasteiger partial charge in [0.25, 0.3) is 11.8 Å². The van der Waals surface area contributed by atoms with Crippen LogP contribution in [0.1, 0.15) is 20.7 Å². The van der Waals surface area contributed by atoms with E-state index in [4.69, 9.17) is 0 Å². The predicted molar refractivity (Wildman–Crippen MR) is 85.2 cm³/mol. The first-order chi connectivity index (χ1) is 10.6. The molecule has 0 saturated carbocycles. The second-order valence-corrected chi connectivity index (χ2v) is 5.46. The summed E-state index contributed by atoms with van der Waals surface area (Å²) in [5.74, 6) is -0.837. The minimum absolute atomic E-state index is 0.341. The summed E-state index contributed by atoms with van der Waals surface area (Å²) < 4.78 is 0.683. The van der Waals surface area contributed by atoms with Crippen molar-refractivity contribution in [3.05, 3.63) is 64.5 Å². The van der Waals surface area contributed by atoms with E-state index in [1.165, 1.54) is 6.20 Å². The predicted octanol–water partition coefficient (Wildman–Crippen LogP) is 2.40. The van der Waals surface area contributed by atoms with Gasteiger partial charge in [0.1, 0.15) is 0 Å². The van der Waals surface area contributed by atoms with E-state index >= 15 is 0 Å². The zero-order valence-electron chi connectivity index (χ0n) is 11.3. The average Bonchev–Trinajstić information content (AvgIpc) is 2.96. The number of carbonyl (C=O) groups is 2. The number of H-pyrrole nitrogens is 1. The van der Waals surface area contributed by atoms with Crippen molar-refractivity contribution in [3.63, 3.8) is 0 Å². The molecule has 0 unspecified atom stereocenters. The first-order valence-corrected chi connectivity index (χ1v) is 7.22. The topological polar surface area (TPSA) is 86.9 Å².